The number of para-hydroxylation sites is 3. The van der Waals surface area contributed by atoms with Crippen LogP contribution in [-0.2, 0) is 5.41 Å². The normalized spacial score (nSPS) is 13.5. The van der Waals surface area contributed by atoms with Crippen LogP contribution in [0.1, 0.15) is 33.4 Å². The second kappa shape index (κ2) is 11.6. The van der Waals surface area contributed by atoms with Crippen LogP contribution in [0, 0.1) is 0 Å². The van der Waals surface area contributed by atoms with Crippen molar-refractivity contribution in [2.75, 3.05) is 4.90 Å². The number of hydrogen-bond donors (Lipinski definition) is 0. The van der Waals surface area contributed by atoms with Gasteiger partial charge < -0.3 is 9.64 Å². The van der Waals surface area contributed by atoms with Gasteiger partial charge in [0.25, 0.3) is 0 Å². The van der Waals surface area contributed by atoms with Crippen LogP contribution in [0.4, 0.5) is 17.1 Å². The van der Waals surface area contributed by atoms with E-state index in [1.54, 1.807) is 0 Å². The van der Waals surface area contributed by atoms with Gasteiger partial charge in [0.15, 0.2) is 5.75 Å². The van der Waals surface area contributed by atoms with Crippen molar-refractivity contribution in [1.82, 2.24) is 0 Å². The van der Waals surface area contributed by atoms with Gasteiger partial charge in [0.2, 0.25) is 0 Å². The lowest BCUT2D eigenvalue weighted by molar-refractivity contribution is 0.489. The minimum atomic E-state index is -0.473. The van der Waals surface area contributed by atoms with Crippen LogP contribution >= 0.6 is 0 Å². The van der Waals surface area contributed by atoms with Gasteiger partial charge >= 0.3 is 0 Å². The van der Waals surface area contributed by atoms with Gasteiger partial charge in [-0.15, -0.1) is 0 Å². The highest BCUT2D eigenvalue weighted by Crippen LogP contribution is 2.60. The molecular weight excluding hydrogens is 643 g/mol. The molecular formula is C51H33NO. The van der Waals surface area contributed by atoms with Crippen LogP contribution in [0.3, 0.4) is 0 Å². The summed E-state index contributed by atoms with van der Waals surface area (Å²) in [6.45, 7) is 0. The molecule has 2 aliphatic carbocycles. The van der Waals surface area contributed by atoms with E-state index in [9.17, 15) is 0 Å². The predicted molar refractivity (Wildman–Crippen MR) is 218 cm³/mol. The summed E-state index contributed by atoms with van der Waals surface area (Å²) in [6.07, 6.45) is 4.57. The zero-order valence-corrected chi connectivity index (χ0v) is 28.9. The van der Waals surface area contributed by atoms with Crippen LogP contribution < -0.4 is 9.64 Å². The van der Waals surface area contributed by atoms with E-state index in [0.717, 1.165) is 45.3 Å². The Balaban J connectivity index is 1.18. The molecule has 3 aliphatic rings. The standard InChI is InChI=1S/C51H33NO/c1-2-17-36(18-3-1)52(48-27-14-23-42-39-20-7-6-19-38(39)41-22-9-13-28-49(41)53-50(42)48)37-31-32-47-43(33-37)40-21-8-12-26-46(40)51(47)44-24-10-4-15-34(44)29-30-35-16-5-11-25-45(35)51/h1-33H. The molecule has 0 aromatic heterocycles. The Hall–Kier alpha value is -6.90. The summed E-state index contributed by atoms with van der Waals surface area (Å²) in [4.78, 5) is 2.36. The van der Waals surface area contributed by atoms with Gasteiger partial charge in [-0.3, -0.25) is 0 Å². The Bertz CT molecular complexity index is 2730. The molecule has 0 atom stereocenters. The Morgan fingerprint density at radius 1 is 0.358 bits per heavy atom. The van der Waals surface area contributed by atoms with E-state index in [-0.39, 0.29) is 0 Å². The Morgan fingerprint density at radius 3 is 1.64 bits per heavy atom. The highest BCUT2D eigenvalue weighted by Gasteiger charge is 2.48. The third-order valence-corrected chi connectivity index (χ3v) is 11.3. The fraction of sp³-hybridized carbons (Fsp3) is 0.0196. The topological polar surface area (TPSA) is 12.5 Å². The molecule has 0 fully saturated rings. The van der Waals surface area contributed by atoms with Crippen molar-refractivity contribution in [3.63, 3.8) is 0 Å². The third-order valence-electron chi connectivity index (χ3n) is 11.3. The molecule has 0 saturated heterocycles. The quantitative estimate of drug-likeness (QED) is 0.185. The number of anilines is 3. The summed E-state index contributed by atoms with van der Waals surface area (Å²) in [6, 6.07) is 68.1. The fourth-order valence-electron chi connectivity index (χ4n) is 9.15. The van der Waals surface area contributed by atoms with Crippen molar-refractivity contribution in [3.8, 4) is 44.9 Å². The molecule has 0 unspecified atom stereocenters. The van der Waals surface area contributed by atoms with E-state index in [1.807, 2.05) is 0 Å². The molecule has 1 spiro atoms. The lowest BCUT2D eigenvalue weighted by Gasteiger charge is -2.35. The second-order valence-corrected chi connectivity index (χ2v) is 14.0. The van der Waals surface area contributed by atoms with E-state index in [1.165, 1.54) is 50.1 Å². The minimum Gasteiger partial charge on any atom is -0.454 e. The second-order valence-electron chi connectivity index (χ2n) is 14.0. The summed E-state index contributed by atoms with van der Waals surface area (Å²) in [5.41, 5.74) is 17.3. The first-order valence-electron chi connectivity index (χ1n) is 18.3. The minimum absolute atomic E-state index is 0.473. The zero-order valence-electron chi connectivity index (χ0n) is 28.9. The Kier molecular flexibility index (Phi) is 6.50. The van der Waals surface area contributed by atoms with Crippen molar-refractivity contribution in [1.29, 1.82) is 0 Å². The van der Waals surface area contributed by atoms with Crippen LogP contribution in [0.15, 0.2) is 188 Å². The lowest BCUT2D eigenvalue weighted by atomic mass is 9.66. The lowest BCUT2D eigenvalue weighted by Crippen LogP contribution is -2.29. The van der Waals surface area contributed by atoms with Crippen molar-refractivity contribution in [2.45, 2.75) is 5.41 Å². The number of nitrogens with zero attached hydrogens (tertiary/aromatic N) is 1. The molecule has 1 heterocycles. The molecule has 8 aromatic rings. The van der Waals surface area contributed by atoms with E-state index in [2.05, 4.69) is 205 Å². The van der Waals surface area contributed by atoms with Crippen molar-refractivity contribution in [3.05, 3.63) is 221 Å². The molecule has 2 heteroatoms. The number of ether oxygens (including phenoxy) is 1. The zero-order chi connectivity index (χ0) is 34.9. The highest BCUT2D eigenvalue weighted by molar-refractivity contribution is 5.97. The van der Waals surface area contributed by atoms with E-state index >= 15 is 0 Å². The highest BCUT2D eigenvalue weighted by atomic mass is 16.5. The molecule has 0 amide bonds. The maximum absolute atomic E-state index is 7.02. The fourth-order valence-corrected chi connectivity index (χ4v) is 9.15. The molecule has 53 heavy (non-hydrogen) atoms. The van der Waals surface area contributed by atoms with Crippen molar-refractivity contribution >= 4 is 29.2 Å². The van der Waals surface area contributed by atoms with E-state index < -0.39 is 5.41 Å². The third kappa shape index (κ3) is 4.27. The van der Waals surface area contributed by atoms with Crippen LogP contribution in [0.2, 0.25) is 0 Å². The molecule has 0 saturated carbocycles. The molecule has 0 bridgehead atoms. The van der Waals surface area contributed by atoms with Crippen molar-refractivity contribution in [2.24, 2.45) is 0 Å². The van der Waals surface area contributed by atoms with Crippen molar-refractivity contribution < 1.29 is 4.74 Å². The smallest absolute Gasteiger partial charge is 0.159 e. The SMILES string of the molecule is C1=Cc2ccccc2C2(c3ccccc31)c1ccccc1-c1cc(N(c3ccccc3)c3cccc4c3Oc3ccccc3-c3ccccc3-4)ccc12. The van der Waals surface area contributed by atoms with E-state index in [0.29, 0.717) is 0 Å². The average Bonchev–Trinajstić information content (AvgIpc) is 3.31. The van der Waals surface area contributed by atoms with Crippen LogP contribution in [-0.4, -0.2) is 0 Å². The van der Waals surface area contributed by atoms with Gasteiger partial charge in [-0.1, -0.05) is 164 Å². The van der Waals surface area contributed by atoms with Crippen LogP contribution in [0.5, 0.6) is 11.5 Å². The first-order chi connectivity index (χ1) is 26.3. The first-order valence-corrected chi connectivity index (χ1v) is 18.3. The number of rotatable bonds is 3. The maximum atomic E-state index is 7.02. The maximum Gasteiger partial charge on any atom is 0.159 e. The number of fused-ring (bicyclic) bond motifs is 14. The average molecular weight is 676 g/mol. The largest absolute Gasteiger partial charge is 0.454 e. The number of hydrogen-bond acceptors (Lipinski definition) is 2. The molecule has 11 rings (SSSR count). The molecule has 0 radical (unpaired) electrons. The van der Waals surface area contributed by atoms with Gasteiger partial charge in [0, 0.05) is 22.5 Å². The summed E-state index contributed by atoms with van der Waals surface area (Å²) in [7, 11) is 0. The summed E-state index contributed by atoms with van der Waals surface area (Å²) in [5, 5.41) is 0. The van der Waals surface area contributed by atoms with Gasteiger partial charge in [0.05, 0.1) is 11.1 Å². The predicted octanol–water partition coefficient (Wildman–Crippen LogP) is 13.4. The van der Waals surface area contributed by atoms with Gasteiger partial charge in [-0.05, 0) is 92.0 Å². The molecule has 1 aliphatic heterocycles. The molecule has 8 aromatic carbocycles. The van der Waals surface area contributed by atoms with Gasteiger partial charge in [0.1, 0.15) is 5.75 Å². The molecule has 2 nitrogen and oxygen atoms in total. The van der Waals surface area contributed by atoms with Gasteiger partial charge in [-0.25, -0.2) is 0 Å². The number of benzene rings is 8. The monoisotopic (exact) mass is 675 g/mol. The first kappa shape index (κ1) is 29.8. The summed E-state index contributed by atoms with van der Waals surface area (Å²) < 4.78 is 7.02. The Labute approximate surface area is 309 Å². The molecule has 248 valence electrons. The Morgan fingerprint density at radius 2 is 0.906 bits per heavy atom. The van der Waals surface area contributed by atoms with Gasteiger partial charge in [-0.2, -0.15) is 0 Å². The van der Waals surface area contributed by atoms with E-state index in [4.69, 9.17) is 4.74 Å². The van der Waals surface area contributed by atoms with Crippen LogP contribution in [0.25, 0.3) is 45.5 Å². The summed E-state index contributed by atoms with van der Waals surface area (Å²) in [5.74, 6) is 1.69. The summed E-state index contributed by atoms with van der Waals surface area (Å²) >= 11 is 0. The molecule has 0 N–H and O–H groups in total.